The number of aryl methyl sites for hydroxylation is 1. The van der Waals surface area contributed by atoms with Gasteiger partial charge in [0.1, 0.15) is 5.60 Å². The first kappa shape index (κ1) is 10.7. The Morgan fingerprint density at radius 3 is 2.94 bits per heavy atom. The van der Waals surface area contributed by atoms with Crippen molar-refractivity contribution in [2.75, 3.05) is 12.3 Å². The molecule has 2 aliphatic rings. The van der Waals surface area contributed by atoms with Gasteiger partial charge in [0.05, 0.1) is 12.9 Å². The van der Waals surface area contributed by atoms with Crippen LogP contribution in [0.1, 0.15) is 30.4 Å². The Labute approximate surface area is 101 Å². The first-order valence-electron chi connectivity index (χ1n) is 6.12. The van der Waals surface area contributed by atoms with Crippen molar-refractivity contribution >= 4 is 5.69 Å². The number of hydrogen-bond acceptors (Lipinski definition) is 3. The summed E-state index contributed by atoms with van der Waals surface area (Å²) in [5.41, 5.74) is 8.89. The lowest BCUT2D eigenvalue weighted by molar-refractivity contribution is 0.0616. The second-order valence-electron chi connectivity index (χ2n) is 4.89. The van der Waals surface area contributed by atoms with Crippen LogP contribution in [0.4, 0.5) is 5.69 Å². The topological polar surface area (TPSA) is 55.5 Å². The van der Waals surface area contributed by atoms with Gasteiger partial charge in [0, 0.05) is 11.3 Å². The summed E-state index contributed by atoms with van der Waals surface area (Å²) in [4.78, 5) is 0. The van der Waals surface area contributed by atoms with Crippen LogP contribution in [-0.2, 0) is 16.8 Å². The van der Waals surface area contributed by atoms with Crippen LogP contribution in [0.2, 0.25) is 0 Å². The molecule has 0 saturated heterocycles. The maximum absolute atomic E-state index is 10.9. The van der Waals surface area contributed by atoms with E-state index in [0.717, 1.165) is 49.1 Å². The number of nitrogen functional groups attached to an aromatic ring is 1. The fraction of sp³-hybridized carbons (Fsp3) is 0.429. The van der Waals surface area contributed by atoms with Gasteiger partial charge in [-0.25, -0.2) is 0 Å². The van der Waals surface area contributed by atoms with E-state index in [1.807, 2.05) is 18.2 Å². The normalized spacial score (nSPS) is 27.2. The standard InChI is InChI=1S/C14H17NO2/c15-12-3-4-13-10(8-12)5-6-14(13,16)11-2-1-7-17-9-11/h3-4,8-9,16H,1-2,5-7,15H2. The molecule has 0 bridgehead atoms. The van der Waals surface area contributed by atoms with Crippen LogP contribution in [0, 0.1) is 0 Å². The summed E-state index contributed by atoms with van der Waals surface area (Å²) in [7, 11) is 0. The van der Waals surface area contributed by atoms with Crippen molar-refractivity contribution in [3.05, 3.63) is 41.2 Å². The molecule has 1 atom stereocenters. The summed E-state index contributed by atoms with van der Waals surface area (Å²) in [5, 5.41) is 10.9. The molecule has 0 aromatic heterocycles. The zero-order valence-electron chi connectivity index (χ0n) is 9.78. The zero-order chi connectivity index (χ0) is 11.9. The number of hydrogen-bond donors (Lipinski definition) is 2. The highest BCUT2D eigenvalue weighted by molar-refractivity contribution is 5.51. The molecule has 3 N–H and O–H groups in total. The van der Waals surface area contributed by atoms with Crippen molar-refractivity contribution < 1.29 is 9.84 Å². The van der Waals surface area contributed by atoms with Gasteiger partial charge < -0.3 is 15.6 Å². The molecule has 1 unspecified atom stereocenters. The average molecular weight is 231 g/mol. The lowest BCUT2D eigenvalue weighted by Crippen LogP contribution is -2.27. The van der Waals surface area contributed by atoms with E-state index in [-0.39, 0.29) is 0 Å². The minimum atomic E-state index is -0.830. The Bertz CT molecular complexity index is 481. The van der Waals surface area contributed by atoms with Crippen molar-refractivity contribution in [2.45, 2.75) is 31.3 Å². The maximum Gasteiger partial charge on any atom is 0.114 e. The highest BCUT2D eigenvalue weighted by atomic mass is 16.5. The Morgan fingerprint density at radius 1 is 1.29 bits per heavy atom. The summed E-state index contributed by atoms with van der Waals surface area (Å²) in [5.74, 6) is 0. The number of fused-ring (bicyclic) bond motifs is 1. The quantitative estimate of drug-likeness (QED) is 0.728. The van der Waals surface area contributed by atoms with Crippen LogP contribution in [0.3, 0.4) is 0 Å². The fourth-order valence-electron chi connectivity index (χ4n) is 2.88. The van der Waals surface area contributed by atoms with Crippen molar-refractivity contribution in [1.82, 2.24) is 0 Å². The lowest BCUT2D eigenvalue weighted by atomic mass is 9.85. The molecule has 0 fully saturated rings. The minimum absolute atomic E-state index is 0.737. The maximum atomic E-state index is 10.9. The summed E-state index contributed by atoms with van der Waals surface area (Å²) in [6.07, 6.45) is 5.27. The molecule has 0 saturated carbocycles. The van der Waals surface area contributed by atoms with Gasteiger partial charge in [-0.2, -0.15) is 0 Å². The summed E-state index contributed by atoms with van der Waals surface area (Å²) in [6, 6.07) is 5.78. The molecule has 0 spiro atoms. The van der Waals surface area contributed by atoms with Crippen molar-refractivity contribution in [1.29, 1.82) is 0 Å². The fourth-order valence-corrected chi connectivity index (χ4v) is 2.88. The largest absolute Gasteiger partial charge is 0.501 e. The van der Waals surface area contributed by atoms with E-state index in [9.17, 15) is 5.11 Å². The smallest absolute Gasteiger partial charge is 0.114 e. The zero-order valence-corrected chi connectivity index (χ0v) is 9.78. The van der Waals surface area contributed by atoms with Gasteiger partial charge >= 0.3 is 0 Å². The Kier molecular flexibility index (Phi) is 2.37. The molecule has 1 aliphatic carbocycles. The molecule has 1 aromatic rings. The van der Waals surface area contributed by atoms with Gasteiger partial charge in [-0.3, -0.25) is 0 Å². The number of benzene rings is 1. The third-order valence-electron chi connectivity index (χ3n) is 3.80. The Balaban J connectivity index is 2.04. The van der Waals surface area contributed by atoms with Gasteiger partial charge in [-0.05, 0) is 48.9 Å². The van der Waals surface area contributed by atoms with Crippen LogP contribution >= 0.6 is 0 Å². The summed E-state index contributed by atoms with van der Waals surface area (Å²) < 4.78 is 5.35. The first-order chi connectivity index (χ1) is 8.20. The summed E-state index contributed by atoms with van der Waals surface area (Å²) >= 11 is 0. The SMILES string of the molecule is Nc1ccc2c(c1)CCC2(O)C1=COCCC1. The van der Waals surface area contributed by atoms with E-state index >= 15 is 0 Å². The molecular formula is C14H17NO2. The van der Waals surface area contributed by atoms with Gasteiger partial charge in [0.25, 0.3) is 0 Å². The van der Waals surface area contributed by atoms with Crippen molar-refractivity contribution in [3.63, 3.8) is 0 Å². The van der Waals surface area contributed by atoms with E-state index in [1.54, 1.807) is 6.26 Å². The highest BCUT2D eigenvalue weighted by Crippen LogP contribution is 2.44. The molecule has 0 amide bonds. The highest BCUT2D eigenvalue weighted by Gasteiger charge is 2.40. The number of ether oxygens (including phenoxy) is 1. The molecule has 1 aromatic carbocycles. The Hall–Kier alpha value is -1.48. The predicted molar refractivity (Wildman–Crippen MR) is 66.3 cm³/mol. The van der Waals surface area contributed by atoms with Crippen LogP contribution in [0.25, 0.3) is 0 Å². The van der Waals surface area contributed by atoms with Gasteiger partial charge in [-0.15, -0.1) is 0 Å². The van der Waals surface area contributed by atoms with E-state index in [0.29, 0.717) is 0 Å². The third-order valence-corrected chi connectivity index (χ3v) is 3.80. The van der Waals surface area contributed by atoms with E-state index in [4.69, 9.17) is 10.5 Å². The van der Waals surface area contributed by atoms with Gasteiger partial charge in [-0.1, -0.05) is 6.07 Å². The van der Waals surface area contributed by atoms with Crippen LogP contribution in [0.5, 0.6) is 0 Å². The predicted octanol–water partition coefficient (Wildman–Crippen LogP) is 2.10. The van der Waals surface area contributed by atoms with Crippen molar-refractivity contribution in [2.24, 2.45) is 0 Å². The molecule has 90 valence electrons. The Morgan fingerprint density at radius 2 is 2.18 bits per heavy atom. The van der Waals surface area contributed by atoms with Crippen molar-refractivity contribution in [3.8, 4) is 0 Å². The molecule has 3 nitrogen and oxygen atoms in total. The van der Waals surface area contributed by atoms with Gasteiger partial charge in [0.2, 0.25) is 0 Å². The van der Waals surface area contributed by atoms with Gasteiger partial charge in [0.15, 0.2) is 0 Å². The molecule has 1 heterocycles. The van der Waals surface area contributed by atoms with Crippen LogP contribution in [0.15, 0.2) is 30.0 Å². The number of aliphatic hydroxyl groups is 1. The summed E-state index contributed by atoms with van der Waals surface area (Å²) in [6.45, 7) is 0.758. The van der Waals surface area contributed by atoms with Crippen LogP contribution < -0.4 is 5.73 Å². The molecule has 17 heavy (non-hydrogen) atoms. The molecule has 3 rings (SSSR count). The van der Waals surface area contributed by atoms with Crippen LogP contribution in [-0.4, -0.2) is 11.7 Å². The lowest BCUT2D eigenvalue weighted by Gasteiger charge is -2.29. The van der Waals surface area contributed by atoms with E-state index in [2.05, 4.69) is 0 Å². The molecule has 1 aliphatic heterocycles. The number of rotatable bonds is 1. The average Bonchev–Trinajstić information content (AvgIpc) is 2.69. The minimum Gasteiger partial charge on any atom is -0.501 e. The number of anilines is 1. The second-order valence-corrected chi connectivity index (χ2v) is 4.89. The second kappa shape index (κ2) is 3.77. The first-order valence-corrected chi connectivity index (χ1v) is 6.12. The molecule has 0 radical (unpaired) electrons. The third kappa shape index (κ3) is 1.62. The monoisotopic (exact) mass is 231 g/mol. The number of nitrogens with two attached hydrogens (primary N) is 1. The van der Waals surface area contributed by atoms with E-state index in [1.165, 1.54) is 5.56 Å². The van der Waals surface area contributed by atoms with E-state index < -0.39 is 5.60 Å². The molecular weight excluding hydrogens is 214 g/mol. The molecule has 3 heteroatoms.